The smallest absolute Gasteiger partial charge is 0.239 e. The third-order valence-electron chi connectivity index (χ3n) is 2.02. The highest BCUT2D eigenvalue weighted by atomic mass is 32.2. The van der Waals surface area contributed by atoms with Gasteiger partial charge in [-0.1, -0.05) is 12.1 Å². The summed E-state index contributed by atoms with van der Waals surface area (Å²) in [7, 11) is -3.63. The molecule has 1 aromatic rings. The molecule has 0 fully saturated rings. The van der Waals surface area contributed by atoms with E-state index in [9.17, 15) is 17.6 Å². The summed E-state index contributed by atoms with van der Waals surface area (Å²) >= 11 is 0. The van der Waals surface area contributed by atoms with Crippen LogP contribution in [0.2, 0.25) is 0 Å². The maximum Gasteiger partial charge on any atom is 0.239 e. The van der Waals surface area contributed by atoms with E-state index in [1.807, 2.05) is 0 Å². The average Bonchev–Trinajstić information content (AvgIpc) is 2.29. The first-order valence-corrected chi connectivity index (χ1v) is 6.88. The molecule has 0 spiro atoms. The van der Waals surface area contributed by atoms with Crippen molar-refractivity contribution in [3.63, 3.8) is 0 Å². The molecular weight excluding hydrogens is 259 g/mol. The average molecular weight is 270 g/mol. The zero-order valence-electron chi connectivity index (χ0n) is 9.39. The molecule has 1 rings (SSSR count). The topological polar surface area (TPSA) is 87.0 Å². The highest BCUT2D eigenvalue weighted by molar-refractivity contribution is 7.92. The molecule has 0 aliphatic heterocycles. The van der Waals surface area contributed by atoms with Crippen LogP contribution in [0, 0.1) is 17.1 Å². The summed E-state index contributed by atoms with van der Waals surface area (Å²) in [5.41, 5.74) is -0.0713. The number of halogens is 1. The van der Waals surface area contributed by atoms with Gasteiger partial charge in [0.25, 0.3) is 0 Å². The van der Waals surface area contributed by atoms with Crippen molar-refractivity contribution in [2.45, 2.75) is 6.42 Å². The molecule has 18 heavy (non-hydrogen) atoms. The number of benzene rings is 1. The van der Waals surface area contributed by atoms with E-state index < -0.39 is 27.3 Å². The third-order valence-corrected chi connectivity index (χ3v) is 3.55. The number of nitrogens with zero attached hydrogens (tertiary/aromatic N) is 1. The Hall–Kier alpha value is -1.94. The molecule has 0 saturated heterocycles. The summed E-state index contributed by atoms with van der Waals surface area (Å²) in [6.45, 7) is 0. The van der Waals surface area contributed by atoms with Crippen LogP contribution in [-0.2, 0) is 14.6 Å². The first-order valence-electron chi connectivity index (χ1n) is 5.06. The van der Waals surface area contributed by atoms with Crippen molar-refractivity contribution in [3.05, 3.63) is 30.1 Å². The minimum absolute atomic E-state index is 0.0713. The number of nitrogens with one attached hydrogen (secondary N) is 1. The van der Waals surface area contributed by atoms with Crippen molar-refractivity contribution in [2.24, 2.45) is 0 Å². The molecule has 0 aromatic heterocycles. The molecule has 96 valence electrons. The minimum atomic E-state index is -3.63. The van der Waals surface area contributed by atoms with Gasteiger partial charge >= 0.3 is 0 Å². The van der Waals surface area contributed by atoms with Gasteiger partial charge in [0.2, 0.25) is 5.91 Å². The van der Waals surface area contributed by atoms with E-state index >= 15 is 0 Å². The number of rotatable bonds is 5. The van der Waals surface area contributed by atoms with Crippen LogP contribution in [0.1, 0.15) is 6.42 Å². The van der Waals surface area contributed by atoms with E-state index in [0.717, 1.165) is 6.07 Å². The molecule has 7 heteroatoms. The second kappa shape index (κ2) is 6.12. The molecule has 0 atom stereocenters. The number of para-hydroxylation sites is 1. The number of sulfone groups is 1. The van der Waals surface area contributed by atoms with Crippen molar-refractivity contribution in [1.82, 2.24) is 0 Å². The standard InChI is InChI=1S/C11H11FN2O3S/c12-9-4-1-2-5-10(9)14-11(15)8-18(16,17)7-3-6-13/h1-2,4-5H,3,7-8H2,(H,14,15). The lowest BCUT2D eigenvalue weighted by Gasteiger charge is -2.06. The number of carbonyl (C=O) groups excluding carboxylic acids is 1. The van der Waals surface area contributed by atoms with Crippen molar-refractivity contribution in [1.29, 1.82) is 5.26 Å². The van der Waals surface area contributed by atoms with Gasteiger partial charge in [0, 0.05) is 6.42 Å². The van der Waals surface area contributed by atoms with Crippen LogP contribution < -0.4 is 5.32 Å². The van der Waals surface area contributed by atoms with Crippen LogP contribution in [0.3, 0.4) is 0 Å². The number of amides is 1. The Bertz CT molecular complexity index is 578. The second-order valence-corrected chi connectivity index (χ2v) is 5.71. The van der Waals surface area contributed by atoms with Crippen LogP contribution in [0.5, 0.6) is 0 Å². The lowest BCUT2D eigenvalue weighted by molar-refractivity contribution is -0.113. The van der Waals surface area contributed by atoms with E-state index in [1.54, 1.807) is 6.07 Å². The summed E-state index contributed by atoms with van der Waals surface area (Å²) in [6, 6.07) is 7.14. The van der Waals surface area contributed by atoms with E-state index in [2.05, 4.69) is 5.32 Å². The Labute approximate surface area is 104 Å². The SMILES string of the molecule is N#CCCS(=O)(=O)CC(=O)Nc1ccccc1F. The Balaban J connectivity index is 2.63. The normalized spacial score (nSPS) is 10.7. The molecule has 0 radical (unpaired) electrons. The molecule has 0 bridgehead atoms. The van der Waals surface area contributed by atoms with Crippen molar-refractivity contribution < 1.29 is 17.6 Å². The van der Waals surface area contributed by atoms with Gasteiger partial charge in [-0.05, 0) is 12.1 Å². The predicted octanol–water partition coefficient (Wildman–Crippen LogP) is 1.09. The van der Waals surface area contributed by atoms with Gasteiger partial charge in [-0.3, -0.25) is 4.79 Å². The van der Waals surface area contributed by atoms with Gasteiger partial charge in [0.05, 0.1) is 17.5 Å². The van der Waals surface area contributed by atoms with Gasteiger partial charge in [-0.15, -0.1) is 0 Å². The molecular formula is C11H11FN2O3S. The van der Waals surface area contributed by atoms with Crippen molar-refractivity contribution >= 4 is 21.4 Å². The minimum Gasteiger partial charge on any atom is -0.323 e. The Kier molecular flexibility index (Phi) is 4.80. The van der Waals surface area contributed by atoms with Gasteiger partial charge in [-0.2, -0.15) is 5.26 Å². The molecule has 0 aliphatic rings. The molecule has 0 heterocycles. The number of hydrogen-bond acceptors (Lipinski definition) is 4. The van der Waals surface area contributed by atoms with Crippen LogP contribution in [0.25, 0.3) is 0 Å². The van der Waals surface area contributed by atoms with E-state index in [4.69, 9.17) is 5.26 Å². The highest BCUT2D eigenvalue weighted by Crippen LogP contribution is 2.12. The van der Waals surface area contributed by atoms with E-state index in [1.165, 1.54) is 18.2 Å². The van der Waals surface area contributed by atoms with Gasteiger partial charge < -0.3 is 5.32 Å². The van der Waals surface area contributed by atoms with Crippen molar-refractivity contribution in [3.8, 4) is 6.07 Å². The Morgan fingerprint density at radius 2 is 2.06 bits per heavy atom. The van der Waals surface area contributed by atoms with Crippen LogP contribution in [0.4, 0.5) is 10.1 Å². The lowest BCUT2D eigenvalue weighted by Crippen LogP contribution is -2.25. The molecule has 1 amide bonds. The molecule has 0 unspecified atom stereocenters. The monoisotopic (exact) mass is 270 g/mol. The van der Waals surface area contributed by atoms with Crippen molar-refractivity contribution in [2.75, 3.05) is 16.8 Å². The summed E-state index contributed by atoms with van der Waals surface area (Å²) in [5, 5.41) is 10.4. The number of anilines is 1. The van der Waals surface area contributed by atoms with Crippen LogP contribution >= 0.6 is 0 Å². The summed E-state index contributed by atoms with van der Waals surface area (Å²) in [4.78, 5) is 11.4. The maximum atomic E-state index is 13.2. The summed E-state index contributed by atoms with van der Waals surface area (Å²) in [6.07, 6.45) is -0.171. The fourth-order valence-electron chi connectivity index (χ4n) is 1.22. The Morgan fingerprint density at radius 1 is 1.39 bits per heavy atom. The van der Waals surface area contributed by atoms with Gasteiger partial charge in [-0.25, -0.2) is 12.8 Å². The number of carbonyl (C=O) groups is 1. The molecule has 5 nitrogen and oxygen atoms in total. The summed E-state index contributed by atoms with van der Waals surface area (Å²) < 4.78 is 35.9. The van der Waals surface area contributed by atoms with Crippen LogP contribution in [0.15, 0.2) is 24.3 Å². The predicted molar refractivity (Wildman–Crippen MR) is 63.9 cm³/mol. The lowest BCUT2D eigenvalue weighted by atomic mass is 10.3. The highest BCUT2D eigenvalue weighted by Gasteiger charge is 2.17. The first kappa shape index (κ1) is 14.1. The summed E-state index contributed by atoms with van der Waals surface area (Å²) in [5.74, 6) is -2.60. The maximum absolute atomic E-state index is 13.2. The quantitative estimate of drug-likeness (QED) is 0.867. The van der Waals surface area contributed by atoms with E-state index in [0.29, 0.717) is 0 Å². The molecule has 1 aromatic carbocycles. The largest absolute Gasteiger partial charge is 0.323 e. The second-order valence-electron chi connectivity index (χ2n) is 3.53. The molecule has 1 N–H and O–H groups in total. The molecule has 0 aliphatic carbocycles. The van der Waals surface area contributed by atoms with Gasteiger partial charge in [0.15, 0.2) is 9.84 Å². The number of nitriles is 1. The fraction of sp³-hybridized carbons (Fsp3) is 0.273. The number of hydrogen-bond donors (Lipinski definition) is 1. The van der Waals surface area contributed by atoms with Crippen LogP contribution in [-0.4, -0.2) is 25.8 Å². The third kappa shape index (κ3) is 4.51. The first-order chi connectivity index (χ1) is 8.44. The van der Waals surface area contributed by atoms with Gasteiger partial charge in [0.1, 0.15) is 11.6 Å². The molecule has 0 saturated carbocycles. The Morgan fingerprint density at radius 3 is 2.67 bits per heavy atom. The van der Waals surface area contributed by atoms with E-state index in [-0.39, 0.29) is 17.9 Å². The fourth-order valence-corrected chi connectivity index (χ4v) is 2.24. The zero-order valence-corrected chi connectivity index (χ0v) is 10.2. The zero-order chi connectivity index (χ0) is 13.6.